The van der Waals surface area contributed by atoms with E-state index >= 15 is 0 Å². The predicted octanol–water partition coefficient (Wildman–Crippen LogP) is 2.21. The summed E-state index contributed by atoms with van der Waals surface area (Å²) in [7, 11) is 0. The molecule has 132 valence electrons. The van der Waals surface area contributed by atoms with Crippen LogP contribution in [-0.4, -0.2) is 38.7 Å². The SMILES string of the molecule is O=C(O)N1CCCC(Cn2cnc(OCc3ccccc3)cc2=O)C1. The Bertz CT molecular complexity index is 775. The molecule has 1 aliphatic heterocycles. The van der Waals surface area contributed by atoms with Crippen LogP contribution in [0.4, 0.5) is 4.79 Å². The predicted molar refractivity (Wildman–Crippen MR) is 91.6 cm³/mol. The van der Waals surface area contributed by atoms with E-state index in [1.165, 1.54) is 21.9 Å². The summed E-state index contributed by atoms with van der Waals surface area (Å²) in [5, 5.41) is 9.09. The number of amides is 1. The Balaban J connectivity index is 1.60. The van der Waals surface area contributed by atoms with Crippen LogP contribution < -0.4 is 10.3 Å². The topological polar surface area (TPSA) is 84.7 Å². The molecule has 1 unspecified atom stereocenters. The van der Waals surface area contributed by atoms with Gasteiger partial charge in [0.1, 0.15) is 12.9 Å². The zero-order valence-corrected chi connectivity index (χ0v) is 13.9. The molecule has 7 nitrogen and oxygen atoms in total. The van der Waals surface area contributed by atoms with Crippen molar-refractivity contribution in [2.24, 2.45) is 5.92 Å². The van der Waals surface area contributed by atoms with Gasteiger partial charge in [0.25, 0.3) is 5.56 Å². The Morgan fingerprint density at radius 3 is 2.84 bits per heavy atom. The lowest BCUT2D eigenvalue weighted by Gasteiger charge is -2.30. The minimum absolute atomic E-state index is 0.125. The molecule has 3 rings (SSSR count). The number of nitrogens with zero attached hydrogens (tertiary/aromatic N) is 3. The average Bonchev–Trinajstić information content (AvgIpc) is 2.63. The summed E-state index contributed by atoms with van der Waals surface area (Å²) in [6, 6.07) is 11.0. The molecule has 1 aromatic carbocycles. The van der Waals surface area contributed by atoms with E-state index in [0.717, 1.165) is 18.4 Å². The number of carboxylic acid groups (broad SMARTS) is 1. The number of hydrogen-bond acceptors (Lipinski definition) is 4. The summed E-state index contributed by atoms with van der Waals surface area (Å²) in [6.45, 7) is 1.83. The fourth-order valence-corrected chi connectivity index (χ4v) is 3.02. The van der Waals surface area contributed by atoms with E-state index in [1.54, 1.807) is 0 Å². The zero-order chi connectivity index (χ0) is 17.6. The van der Waals surface area contributed by atoms with Crippen molar-refractivity contribution < 1.29 is 14.6 Å². The van der Waals surface area contributed by atoms with Gasteiger partial charge >= 0.3 is 6.09 Å². The zero-order valence-electron chi connectivity index (χ0n) is 13.9. The Labute approximate surface area is 145 Å². The highest BCUT2D eigenvalue weighted by Crippen LogP contribution is 2.18. The summed E-state index contributed by atoms with van der Waals surface area (Å²) >= 11 is 0. The minimum Gasteiger partial charge on any atom is -0.473 e. The van der Waals surface area contributed by atoms with Crippen LogP contribution in [0, 0.1) is 5.92 Å². The van der Waals surface area contributed by atoms with Gasteiger partial charge in [0, 0.05) is 19.6 Å². The number of carbonyl (C=O) groups is 1. The number of likely N-dealkylation sites (tertiary alicyclic amines) is 1. The van der Waals surface area contributed by atoms with Crippen molar-refractivity contribution in [3.8, 4) is 5.88 Å². The van der Waals surface area contributed by atoms with Gasteiger partial charge in [-0.1, -0.05) is 30.3 Å². The molecule has 0 bridgehead atoms. The van der Waals surface area contributed by atoms with E-state index < -0.39 is 6.09 Å². The highest BCUT2D eigenvalue weighted by Gasteiger charge is 2.23. The summed E-state index contributed by atoms with van der Waals surface area (Å²) in [5.41, 5.74) is 0.815. The number of piperidine rings is 1. The van der Waals surface area contributed by atoms with Gasteiger partial charge in [-0.15, -0.1) is 0 Å². The van der Waals surface area contributed by atoms with Gasteiger partial charge in [0.05, 0.1) is 6.07 Å². The van der Waals surface area contributed by atoms with E-state index in [-0.39, 0.29) is 11.5 Å². The van der Waals surface area contributed by atoms with E-state index in [1.807, 2.05) is 30.3 Å². The van der Waals surface area contributed by atoms with Crippen molar-refractivity contribution in [1.29, 1.82) is 0 Å². The second-order valence-corrected chi connectivity index (χ2v) is 6.23. The van der Waals surface area contributed by atoms with Crippen LogP contribution in [0.15, 0.2) is 47.5 Å². The molecule has 25 heavy (non-hydrogen) atoms. The van der Waals surface area contributed by atoms with Crippen molar-refractivity contribution in [1.82, 2.24) is 14.5 Å². The van der Waals surface area contributed by atoms with Crippen molar-refractivity contribution in [2.75, 3.05) is 13.1 Å². The summed E-state index contributed by atoms with van der Waals surface area (Å²) in [6.07, 6.45) is 2.29. The first-order valence-electron chi connectivity index (χ1n) is 8.33. The largest absolute Gasteiger partial charge is 0.473 e. The maximum atomic E-state index is 12.3. The molecule has 0 radical (unpaired) electrons. The van der Waals surface area contributed by atoms with E-state index in [0.29, 0.717) is 32.1 Å². The first-order chi connectivity index (χ1) is 12.1. The van der Waals surface area contributed by atoms with Gasteiger partial charge in [0.15, 0.2) is 0 Å². The molecular formula is C18H21N3O4. The van der Waals surface area contributed by atoms with Crippen molar-refractivity contribution in [2.45, 2.75) is 26.0 Å². The van der Waals surface area contributed by atoms with Gasteiger partial charge in [-0.2, -0.15) is 0 Å². The van der Waals surface area contributed by atoms with Crippen molar-refractivity contribution >= 4 is 6.09 Å². The van der Waals surface area contributed by atoms with Gasteiger partial charge in [0.2, 0.25) is 5.88 Å². The highest BCUT2D eigenvalue weighted by atomic mass is 16.5. The van der Waals surface area contributed by atoms with E-state index in [9.17, 15) is 9.59 Å². The molecule has 0 aliphatic carbocycles. The number of ether oxygens (including phenoxy) is 1. The number of benzene rings is 1. The molecule has 2 aromatic rings. The van der Waals surface area contributed by atoms with Gasteiger partial charge in [-0.3, -0.25) is 9.36 Å². The monoisotopic (exact) mass is 343 g/mol. The van der Waals surface area contributed by atoms with Crippen LogP contribution in [-0.2, 0) is 13.2 Å². The second kappa shape index (κ2) is 7.83. The van der Waals surface area contributed by atoms with Crippen molar-refractivity contribution in [3.63, 3.8) is 0 Å². The molecule has 1 aromatic heterocycles. The molecule has 0 saturated carbocycles. The third-order valence-corrected chi connectivity index (χ3v) is 4.33. The molecule has 1 amide bonds. The lowest BCUT2D eigenvalue weighted by atomic mass is 9.98. The molecule has 2 heterocycles. The van der Waals surface area contributed by atoms with Crippen LogP contribution in [0.25, 0.3) is 0 Å². The number of rotatable bonds is 5. The maximum Gasteiger partial charge on any atom is 0.407 e. The second-order valence-electron chi connectivity index (χ2n) is 6.23. The van der Waals surface area contributed by atoms with Crippen LogP contribution in [0.3, 0.4) is 0 Å². The summed E-state index contributed by atoms with van der Waals surface area (Å²) in [5.74, 6) is 0.418. The molecule has 7 heteroatoms. The Morgan fingerprint density at radius 1 is 1.32 bits per heavy atom. The third-order valence-electron chi connectivity index (χ3n) is 4.33. The fraction of sp³-hybridized carbons (Fsp3) is 0.389. The molecule has 1 N–H and O–H groups in total. The summed E-state index contributed by atoms with van der Waals surface area (Å²) in [4.78, 5) is 28.9. The van der Waals surface area contributed by atoms with Gasteiger partial charge in [-0.05, 0) is 24.3 Å². The minimum atomic E-state index is -0.903. The first kappa shape index (κ1) is 17.0. The highest BCUT2D eigenvalue weighted by molar-refractivity contribution is 5.65. The fourth-order valence-electron chi connectivity index (χ4n) is 3.02. The molecule has 0 spiro atoms. The maximum absolute atomic E-state index is 12.3. The van der Waals surface area contributed by atoms with E-state index in [4.69, 9.17) is 9.84 Å². The molecular weight excluding hydrogens is 322 g/mol. The lowest BCUT2D eigenvalue weighted by Crippen LogP contribution is -2.41. The Kier molecular flexibility index (Phi) is 5.33. The quantitative estimate of drug-likeness (QED) is 0.900. The molecule has 1 aliphatic rings. The Hall–Kier alpha value is -2.83. The normalized spacial score (nSPS) is 17.3. The average molecular weight is 343 g/mol. The molecule has 1 fully saturated rings. The molecule has 1 saturated heterocycles. The number of hydrogen-bond donors (Lipinski definition) is 1. The van der Waals surface area contributed by atoms with Gasteiger partial charge < -0.3 is 14.7 Å². The molecule has 1 atom stereocenters. The van der Waals surface area contributed by atoms with Crippen molar-refractivity contribution in [3.05, 3.63) is 58.6 Å². The van der Waals surface area contributed by atoms with Crippen LogP contribution in [0.5, 0.6) is 5.88 Å². The smallest absolute Gasteiger partial charge is 0.407 e. The first-order valence-corrected chi connectivity index (χ1v) is 8.33. The van der Waals surface area contributed by atoms with Crippen LogP contribution >= 0.6 is 0 Å². The lowest BCUT2D eigenvalue weighted by molar-refractivity contribution is 0.116. The van der Waals surface area contributed by atoms with E-state index in [2.05, 4.69) is 4.98 Å². The van der Waals surface area contributed by atoms with Crippen LogP contribution in [0.2, 0.25) is 0 Å². The van der Waals surface area contributed by atoms with Crippen LogP contribution in [0.1, 0.15) is 18.4 Å². The van der Waals surface area contributed by atoms with Gasteiger partial charge in [-0.25, -0.2) is 9.78 Å². The third kappa shape index (κ3) is 4.59. The Morgan fingerprint density at radius 2 is 2.12 bits per heavy atom. The standard InChI is InChI=1S/C18H21N3O4/c22-17-9-16(25-12-14-5-2-1-3-6-14)19-13-21(17)11-15-7-4-8-20(10-15)18(23)24/h1-3,5-6,9,13,15H,4,7-8,10-12H2,(H,23,24). The number of aromatic nitrogens is 2. The summed E-state index contributed by atoms with van der Waals surface area (Å²) < 4.78 is 7.08.